The van der Waals surface area contributed by atoms with Gasteiger partial charge in [0.2, 0.25) is 0 Å². The molecule has 1 aromatic carbocycles. The van der Waals surface area contributed by atoms with Crippen LogP contribution in [0.1, 0.15) is 38.1 Å². The molecule has 0 aliphatic carbocycles. The molecule has 2 nitrogen and oxygen atoms in total. The van der Waals surface area contributed by atoms with Crippen molar-refractivity contribution in [3.8, 4) is 0 Å². The van der Waals surface area contributed by atoms with Crippen molar-refractivity contribution in [1.29, 1.82) is 0 Å². The van der Waals surface area contributed by atoms with Crippen molar-refractivity contribution < 1.29 is 0 Å². The average Bonchev–Trinajstić information content (AvgIpc) is 2.68. The zero-order valence-electron chi connectivity index (χ0n) is 9.51. The van der Waals surface area contributed by atoms with E-state index < -0.39 is 0 Å². The van der Waals surface area contributed by atoms with Crippen molar-refractivity contribution in [2.24, 2.45) is 0 Å². The number of imidazole rings is 1. The van der Waals surface area contributed by atoms with Gasteiger partial charge < -0.3 is 4.98 Å². The summed E-state index contributed by atoms with van der Waals surface area (Å²) in [6.45, 7) is 4.38. The number of aromatic amines is 1. The highest BCUT2D eigenvalue weighted by Gasteiger charge is 2.05. The van der Waals surface area contributed by atoms with Crippen LogP contribution in [-0.2, 0) is 12.8 Å². The molecule has 0 unspecified atom stereocenters. The predicted octanol–water partition coefficient (Wildman–Crippen LogP) is 3.47. The Bertz CT molecular complexity index is 443. The Balaban J connectivity index is 2.37. The van der Waals surface area contributed by atoms with Gasteiger partial charge in [0.25, 0.3) is 0 Å². The van der Waals surface area contributed by atoms with Crippen LogP contribution in [0.2, 0.25) is 0 Å². The van der Waals surface area contributed by atoms with Crippen molar-refractivity contribution in [1.82, 2.24) is 9.97 Å². The molecule has 0 amide bonds. The minimum Gasteiger partial charge on any atom is -0.342 e. The number of benzene rings is 1. The highest BCUT2D eigenvalue weighted by atomic mass is 14.9. The molecule has 0 atom stereocenters. The Kier molecular flexibility index (Phi) is 3.05. The summed E-state index contributed by atoms with van der Waals surface area (Å²) in [6, 6.07) is 6.37. The molecule has 0 aliphatic heterocycles. The largest absolute Gasteiger partial charge is 0.342 e. The van der Waals surface area contributed by atoms with Crippen molar-refractivity contribution in [2.45, 2.75) is 39.5 Å². The quantitative estimate of drug-likeness (QED) is 0.808. The number of unbranched alkanes of at least 4 members (excludes halogenated alkanes) is 1. The molecular formula is C13H18N2. The molecule has 0 bridgehead atoms. The number of rotatable bonds is 4. The highest BCUT2D eigenvalue weighted by molar-refractivity contribution is 5.78. The van der Waals surface area contributed by atoms with Crippen LogP contribution in [-0.4, -0.2) is 9.97 Å². The van der Waals surface area contributed by atoms with Crippen molar-refractivity contribution in [3.05, 3.63) is 29.6 Å². The first kappa shape index (κ1) is 10.2. The summed E-state index contributed by atoms with van der Waals surface area (Å²) in [5, 5.41) is 0. The number of H-pyrrole nitrogens is 1. The zero-order valence-corrected chi connectivity index (χ0v) is 9.51. The molecule has 0 saturated heterocycles. The Morgan fingerprint density at radius 2 is 2.13 bits per heavy atom. The van der Waals surface area contributed by atoms with E-state index >= 15 is 0 Å². The molecule has 0 radical (unpaired) electrons. The van der Waals surface area contributed by atoms with Gasteiger partial charge in [-0.25, -0.2) is 4.98 Å². The van der Waals surface area contributed by atoms with Gasteiger partial charge in [0.05, 0.1) is 11.0 Å². The van der Waals surface area contributed by atoms with E-state index in [0.29, 0.717) is 0 Å². The standard InChI is InChI=1S/C13H18N2/c1-3-5-9-12-14-11-8-6-7-10(4-2)13(11)15-12/h6-8H,3-5,9H2,1-2H3,(H,14,15). The molecule has 0 spiro atoms. The summed E-state index contributed by atoms with van der Waals surface area (Å²) in [7, 11) is 0. The molecule has 2 heteroatoms. The summed E-state index contributed by atoms with van der Waals surface area (Å²) in [5.41, 5.74) is 3.68. The van der Waals surface area contributed by atoms with Crippen molar-refractivity contribution in [2.75, 3.05) is 0 Å². The fourth-order valence-corrected chi connectivity index (χ4v) is 1.89. The van der Waals surface area contributed by atoms with Crippen LogP contribution in [0.4, 0.5) is 0 Å². The first-order valence-corrected chi connectivity index (χ1v) is 5.81. The second kappa shape index (κ2) is 4.47. The van der Waals surface area contributed by atoms with Crippen LogP contribution in [0.15, 0.2) is 18.2 Å². The van der Waals surface area contributed by atoms with Gasteiger partial charge in [-0.15, -0.1) is 0 Å². The lowest BCUT2D eigenvalue weighted by molar-refractivity contribution is 0.765. The minimum absolute atomic E-state index is 1.05. The zero-order chi connectivity index (χ0) is 10.7. The van der Waals surface area contributed by atoms with Crippen LogP contribution in [0, 0.1) is 0 Å². The van der Waals surface area contributed by atoms with Crippen LogP contribution in [0.3, 0.4) is 0 Å². The molecule has 0 aliphatic rings. The summed E-state index contributed by atoms with van der Waals surface area (Å²) in [5.74, 6) is 1.13. The van der Waals surface area contributed by atoms with E-state index in [0.717, 1.165) is 24.2 Å². The van der Waals surface area contributed by atoms with E-state index in [-0.39, 0.29) is 0 Å². The molecule has 1 aromatic heterocycles. The maximum Gasteiger partial charge on any atom is 0.107 e. The number of fused-ring (bicyclic) bond motifs is 1. The Hall–Kier alpha value is -1.31. The lowest BCUT2D eigenvalue weighted by Gasteiger charge is -1.95. The molecule has 15 heavy (non-hydrogen) atoms. The first-order chi connectivity index (χ1) is 7.35. The number of nitrogens with zero attached hydrogens (tertiary/aromatic N) is 1. The van der Waals surface area contributed by atoms with Gasteiger partial charge in [-0.1, -0.05) is 32.4 Å². The fourth-order valence-electron chi connectivity index (χ4n) is 1.89. The number of aromatic nitrogens is 2. The molecule has 80 valence electrons. The highest BCUT2D eigenvalue weighted by Crippen LogP contribution is 2.17. The lowest BCUT2D eigenvalue weighted by Crippen LogP contribution is -1.86. The van der Waals surface area contributed by atoms with Gasteiger partial charge in [-0.3, -0.25) is 0 Å². The summed E-state index contributed by atoms with van der Waals surface area (Å²) in [4.78, 5) is 8.06. The first-order valence-electron chi connectivity index (χ1n) is 5.81. The molecule has 0 saturated carbocycles. The Morgan fingerprint density at radius 1 is 1.27 bits per heavy atom. The minimum atomic E-state index is 1.05. The number of hydrogen-bond donors (Lipinski definition) is 1. The second-order valence-corrected chi connectivity index (χ2v) is 3.95. The normalized spacial score (nSPS) is 11.1. The molecular weight excluding hydrogens is 184 g/mol. The van der Waals surface area contributed by atoms with Gasteiger partial charge in [-0.2, -0.15) is 0 Å². The van der Waals surface area contributed by atoms with E-state index in [9.17, 15) is 0 Å². The van der Waals surface area contributed by atoms with Crippen LogP contribution < -0.4 is 0 Å². The monoisotopic (exact) mass is 202 g/mol. The van der Waals surface area contributed by atoms with E-state index in [1.165, 1.54) is 23.9 Å². The van der Waals surface area contributed by atoms with Gasteiger partial charge in [-0.05, 0) is 24.5 Å². The third-order valence-electron chi connectivity index (χ3n) is 2.79. The third-order valence-corrected chi connectivity index (χ3v) is 2.79. The SMILES string of the molecule is CCCCc1nc2c(CC)cccc2[nH]1. The van der Waals surface area contributed by atoms with Crippen molar-refractivity contribution in [3.63, 3.8) is 0 Å². The lowest BCUT2D eigenvalue weighted by atomic mass is 10.1. The third kappa shape index (κ3) is 2.04. The van der Waals surface area contributed by atoms with Gasteiger partial charge >= 0.3 is 0 Å². The Morgan fingerprint density at radius 3 is 2.87 bits per heavy atom. The van der Waals surface area contributed by atoms with Gasteiger partial charge in [0.1, 0.15) is 5.82 Å². The topological polar surface area (TPSA) is 28.7 Å². The maximum absolute atomic E-state index is 4.67. The number of para-hydroxylation sites is 1. The fraction of sp³-hybridized carbons (Fsp3) is 0.462. The average molecular weight is 202 g/mol. The maximum atomic E-state index is 4.67. The van der Waals surface area contributed by atoms with E-state index in [4.69, 9.17) is 0 Å². The van der Waals surface area contributed by atoms with Crippen molar-refractivity contribution >= 4 is 11.0 Å². The molecule has 1 heterocycles. The van der Waals surface area contributed by atoms with E-state index in [1.54, 1.807) is 0 Å². The van der Waals surface area contributed by atoms with Crippen LogP contribution >= 0.6 is 0 Å². The Labute approximate surface area is 90.7 Å². The van der Waals surface area contributed by atoms with E-state index in [2.05, 4.69) is 42.0 Å². The molecule has 2 aromatic rings. The number of hydrogen-bond acceptors (Lipinski definition) is 1. The summed E-state index contributed by atoms with van der Waals surface area (Å²) < 4.78 is 0. The smallest absolute Gasteiger partial charge is 0.107 e. The molecule has 1 N–H and O–H groups in total. The number of nitrogens with one attached hydrogen (secondary N) is 1. The molecule has 0 fully saturated rings. The number of aryl methyl sites for hydroxylation is 2. The molecule has 2 rings (SSSR count). The van der Waals surface area contributed by atoms with Crippen LogP contribution in [0.5, 0.6) is 0 Å². The predicted molar refractivity (Wildman–Crippen MR) is 64.1 cm³/mol. The second-order valence-electron chi connectivity index (χ2n) is 3.95. The van der Waals surface area contributed by atoms with Gasteiger partial charge in [0.15, 0.2) is 0 Å². The summed E-state index contributed by atoms with van der Waals surface area (Å²) >= 11 is 0. The van der Waals surface area contributed by atoms with E-state index in [1.807, 2.05) is 0 Å². The summed E-state index contributed by atoms with van der Waals surface area (Å²) in [6.07, 6.45) is 4.54. The van der Waals surface area contributed by atoms with Gasteiger partial charge in [0, 0.05) is 6.42 Å². The van der Waals surface area contributed by atoms with Crippen LogP contribution in [0.25, 0.3) is 11.0 Å².